The van der Waals surface area contributed by atoms with Crippen LogP contribution < -0.4 is 5.32 Å². The van der Waals surface area contributed by atoms with Gasteiger partial charge in [-0.2, -0.15) is 0 Å². The number of hydrogen-bond acceptors (Lipinski definition) is 4. The molecule has 1 aliphatic rings. The van der Waals surface area contributed by atoms with Crippen LogP contribution in [0.5, 0.6) is 0 Å². The van der Waals surface area contributed by atoms with Gasteiger partial charge >= 0.3 is 0 Å². The van der Waals surface area contributed by atoms with Crippen molar-refractivity contribution in [3.63, 3.8) is 0 Å². The fourth-order valence-electron chi connectivity index (χ4n) is 3.15. The number of amides is 1. The van der Waals surface area contributed by atoms with E-state index in [2.05, 4.69) is 20.1 Å². The summed E-state index contributed by atoms with van der Waals surface area (Å²) in [4.78, 5) is 14.1. The van der Waals surface area contributed by atoms with Crippen LogP contribution in [0.15, 0.2) is 36.4 Å². The summed E-state index contributed by atoms with van der Waals surface area (Å²) >= 11 is 1.50. The minimum absolute atomic E-state index is 0.0674. The number of rotatable bonds is 3. The molecule has 0 unspecified atom stereocenters. The van der Waals surface area contributed by atoms with Gasteiger partial charge in [-0.25, -0.2) is 0 Å². The third kappa shape index (κ3) is 3.35. The molecule has 25 heavy (non-hydrogen) atoms. The predicted molar refractivity (Wildman–Crippen MR) is 100 cm³/mol. The van der Waals surface area contributed by atoms with E-state index in [0.29, 0.717) is 0 Å². The topological polar surface area (TPSA) is 59.8 Å². The maximum atomic E-state index is 12.2. The number of carbonyl (C=O) groups excluding carboxylic acids is 1. The number of carbonyl (C=O) groups is 1. The van der Waals surface area contributed by atoms with Gasteiger partial charge in [0.15, 0.2) is 5.82 Å². The fourth-order valence-corrected chi connectivity index (χ4v) is 3.91. The maximum Gasteiger partial charge on any atom is 0.265 e. The smallest absolute Gasteiger partial charge is 0.265 e. The molecule has 4 rings (SSSR count). The summed E-state index contributed by atoms with van der Waals surface area (Å²) in [6, 6.07) is 11.7. The first-order chi connectivity index (χ1) is 12.2. The predicted octanol–water partition coefficient (Wildman–Crippen LogP) is 4.29. The fraction of sp³-hybridized carbons (Fsp3) is 0.316. The van der Waals surface area contributed by atoms with E-state index >= 15 is 0 Å². The van der Waals surface area contributed by atoms with Crippen LogP contribution in [0.2, 0.25) is 0 Å². The van der Waals surface area contributed by atoms with Gasteiger partial charge < -0.3 is 9.88 Å². The van der Waals surface area contributed by atoms with Crippen molar-refractivity contribution < 1.29 is 4.79 Å². The van der Waals surface area contributed by atoms with Gasteiger partial charge in [-0.15, -0.1) is 21.5 Å². The van der Waals surface area contributed by atoms with Crippen LogP contribution in [-0.2, 0) is 13.0 Å². The average molecular weight is 352 g/mol. The SMILES string of the molecule is Cc1ccc(C(=O)Nc2ccc(-c3nnc4n3CCCCC4)cc2)s1. The van der Waals surface area contributed by atoms with Crippen LogP contribution in [0, 0.1) is 6.92 Å². The molecule has 1 aliphatic heterocycles. The molecule has 0 atom stereocenters. The zero-order chi connectivity index (χ0) is 17.2. The van der Waals surface area contributed by atoms with Crippen LogP contribution in [0.1, 0.15) is 39.6 Å². The molecule has 1 amide bonds. The third-order valence-corrected chi connectivity index (χ3v) is 5.47. The minimum Gasteiger partial charge on any atom is -0.321 e. The Morgan fingerprint density at radius 2 is 1.92 bits per heavy atom. The summed E-state index contributed by atoms with van der Waals surface area (Å²) in [5, 5.41) is 11.7. The van der Waals surface area contributed by atoms with Gasteiger partial charge in [0.25, 0.3) is 5.91 Å². The van der Waals surface area contributed by atoms with Gasteiger partial charge in [-0.3, -0.25) is 4.79 Å². The third-order valence-electron chi connectivity index (χ3n) is 4.47. The second-order valence-corrected chi connectivity index (χ2v) is 7.63. The number of anilines is 1. The molecule has 3 heterocycles. The lowest BCUT2D eigenvalue weighted by molar-refractivity contribution is 0.103. The summed E-state index contributed by atoms with van der Waals surface area (Å²) in [5.74, 6) is 1.93. The highest BCUT2D eigenvalue weighted by atomic mass is 32.1. The van der Waals surface area contributed by atoms with Gasteiger partial charge in [0.2, 0.25) is 0 Å². The van der Waals surface area contributed by atoms with E-state index in [-0.39, 0.29) is 5.91 Å². The first-order valence-corrected chi connectivity index (χ1v) is 9.43. The molecular weight excluding hydrogens is 332 g/mol. The average Bonchev–Trinajstić information content (AvgIpc) is 3.16. The number of thiophene rings is 1. The summed E-state index contributed by atoms with van der Waals surface area (Å²) in [6.45, 7) is 2.98. The highest BCUT2D eigenvalue weighted by molar-refractivity contribution is 7.14. The van der Waals surface area contributed by atoms with Crippen molar-refractivity contribution in [2.24, 2.45) is 0 Å². The first kappa shape index (κ1) is 16.0. The van der Waals surface area contributed by atoms with E-state index in [1.54, 1.807) is 0 Å². The van der Waals surface area contributed by atoms with E-state index in [9.17, 15) is 4.79 Å². The van der Waals surface area contributed by atoms with Crippen LogP contribution in [0.3, 0.4) is 0 Å². The zero-order valence-electron chi connectivity index (χ0n) is 14.2. The molecule has 0 saturated heterocycles. The number of fused-ring (bicyclic) bond motifs is 1. The molecule has 0 saturated carbocycles. The quantitative estimate of drug-likeness (QED) is 0.765. The number of nitrogens with one attached hydrogen (secondary N) is 1. The van der Waals surface area contributed by atoms with Crippen LogP contribution in [0.25, 0.3) is 11.4 Å². The highest BCUT2D eigenvalue weighted by Crippen LogP contribution is 2.24. The van der Waals surface area contributed by atoms with E-state index in [1.165, 1.54) is 30.6 Å². The number of nitrogens with zero attached hydrogens (tertiary/aromatic N) is 3. The molecule has 3 aromatic rings. The van der Waals surface area contributed by atoms with Crippen LogP contribution in [0.4, 0.5) is 5.69 Å². The molecule has 5 nitrogen and oxygen atoms in total. The molecule has 2 aromatic heterocycles. The van der Waals surface area contributed by atoms with Crippen molar-refractivity contribution in [3.05, 3.63) is 52.0 Å². The molecule has 0 radical (unpaired) electrons. The molecule has 0 spiro atoms. The number of aromatic nitrogens is 3. The van der Waals surface area contributed by atoms with E-state index < -0.39 is 0 Å². The lowest BCUT2D eigenvalue weighted by atomic mass is 10.2. The minimum atomic E-state index is -0.0674. The summed E-state index contributed by atoms with van der Waals surface area (Å²) in [5.41, 5.74) is 1.82. The standard InChI is InChI=1S/C19H20N4OS/c1-13-6-11-16(25-13)19(24)20-15-9-7-14(8-10-15)18-22-21-17-5-3-2-4-12-23(17)18/h6-11H,2-5,12H2,1H3,(H,20,24). The van der Waals surface area contributed by atoms with Crippen molar-refractivity contribution in [1.29, 1.82) is 0 Å². The lowest BCUT2D eigenvalue weighted by Gasteiger charge is -2.08. The van der Waals surface area contributed by atoms with Crippen LogP contribution in [-0.4, -0.2) is 20.7 Å². The number of benzene rings is 1. The Hall–Kier alpha value is -2.47. The molecule has 128 valence electrons. The zero-order valence-corrected chi connectivity index (χ0v) is 15.0. The first-order valence-electron chi connectivity index (χ1n) is 8.61. The van der Waals surface area contributed by atoms with Crippen molar-refractivity contribution in [3.8, 4) is 11.4 Å². The van der Waals surface area contributed by atoms with Gasteiger partial charge in [0.1, 0.15) is 5.82 Å². The number of aryl methyl sites for hydroxylation is 2. The van der Waals surface area contributed by atoms with Crippen LogP contribution >= 0.6 is 11.3 Å². The Balaban J connectivity index is 1.52. The molecule has 0 bridgehead atoms. The normalized spacial score (nSPS) is 14.0. The van der Waals surface area contributed by atoms with Crippen molar-refractivity contribution >= 4 is 22.9 Å². The van der Waals surface area contributed by atoms with Crippen molar-refractivity contribution in [2.45, 2.75) is 39.2 Å². The molecule has 0 fully saturated rings. The molecule has 6 heteroatoms. The van der Waals surface area contributed by atoms with Gasteiger partial charge in [0.05, 0.1) is 4.88 Å². The second-order valence-electron chi connectivity index (χ2n) is 6.34. The molecule has 1 aromatic carbocycles. The Bertz CT molecular complexity index is 895. The van der Waals surface area contributed by atoms with Gasteiger partial charge in [0, 0.05) is 29.1 Å². The lowest BCUT2D eigenvalue weighted by Crippen LogP contribution is -2.10. The summed E-state index contributed by atoms with van der Waals surface area (Å²) in [7, 11) is 0. The van der Waals surface area contributed by atoms with E-state index in [4.69, 9.17) is 0 Å². The summed E-state index contributed by atoms with van der Waals surface area (Å²) in [6.07, 6.45) is 4.61. The number of hydrogen-bond donors (Lipinski definition) is 1. The van der Waals surface area contributed by atoms with Gasteiger partial charge in [-0.1, -0.05) is 6.42 Å². The molecule has 0 aliphatic carbocycles. The Labute approximate surface area is 150 Å². The maximum absolute atomic E-state index is 12.2. The van der Waals surface area contributed by atoms with Gasteiger partial charge in [-0.05, 0) is 56.2 Å². The highest BCUT2D eigenvalue weighted by Gasteiger charge is 2.16. The van der Waals surface area contributed by atoms with E-state index in [1.807, 2.05) is 43.3 Å². The Morgan fingerprint density at radius 1 is 1.08 bits per heavy atom. The second kappa shape index (κ2) is 6.80. The largest absolute Gasteiger partial charge is 0.321 e. The molecule has 1 N–H and O–H groups in total. The van der Waals surface area contributed by atoms with Crippen molar-refractivity contribution in [2.75, 3.05) is 5.32 Å². The monoisotopic (exact) mass is 352 g/mol. The Morgan fingerprint density at radius 3 is 2.68 bits per heavy atom. The van der Waals surface area contributed by atoms with E-state index in [0.717, 1.165) is 45.6 Å². The summed E-state index contributed by atoms with van der Waals surface area (Å²) < 4.78 is 2.23. The Kier molecular flexibility index (Phi) is 4.36. The van der Waals surface area contributed by atoms with Crippen molar-refractivity contribution in [1.82, 2.24) is 14.8 Å². The molecular formula is C19H20N4OS.